The van der Waals surface area contributed by atoms with Gasteiger partial charge >= 0.3 is 0 Å². The van der Waals surface area contributed by atoms with E-state index < -0.39 is 0 Å². The van der Waals surface area contributed by atoms with E-state index in [4.69, 9.17) is 4.42 Å². The summed E-state index contributed by atoms with van der Waals surface area (Å²) in [6.07, 6.45) is 4.78. The zero-order chi connectivity index (χ0) is 10.4. The molecule has 0 aliphatic rings. The van der Waals surface area contributed by atoms with Gasteiger partial charge in [-0.2, -0.15) is 11.8 Å². The predicted octanol–water partition coefficient (Wildman–Crippen LogP) is 3.07. The summed E-state index contributed by atoms with van der Waals surface area (Å²) < 4.78 is 5.08. The maximum atomic E-state index is 5.08. The molecule has 1 rings (SSSR count). The van der Waals surface area contributed by atoms with E-state index in [1.165, 1.54) is 12.0 Å². The summed E-state index contributed by atoms with van der Waals surface area (Å²) in [7, 11) is 1.99. The summed E-state index contributed by atoms with van der Waals surface area (Å²) in [5.74, 6) is 1.10. The molecule has 0 bridgehead atoms. The highest BCUT2D eigenvalue weighted by Crippen LogP contribution is 2.22. The molecule has 2 unspecified atom stereocenters. The van der Waals surface area contributed by atoms with Crippen LogP contribution in [-0.2, 0) is 0 Å². The third-order valence-electron chi connectivity index (χ3n) is 2.42. The predicted molar refractivity (Wildman–Crippen MR) is 62.7 cm³/mol. The number of rotatable bonds is 6. The van der Waals surface area contributed by atoms with Crippen LogP contribution >= 0.6 is 11.8 Å². The molecule has 1 N–H and O–H groups in total. The highest BCUT2D eigenvalue weighted by atomic mass is 32.2. The van der Waals surface area contributed by atoms with Crippen LogP contribution in [0.15, 0.2) is 23.0 Å². The molecule has 0 radical (unpaired) electrons. The first-order valence-corrected chi connectivity index (χ1v) is 6.13. The van der Waals surface area contributed by atoms with Crippen LogP contribution in [0.4, 0.5) is 0 Å². The Morgan fingerprint density at radius 2 is 2.36 bits per heavy atom. The SMILES string of the molecule is CCC(C)SCC(NC)c1ccoc1. The Kier molecular flexibility index (Phi) is 5.12. The van der Waals surface area contributed by atoms with Crippen LogP contribution in [0, 0.1) is 0 Å². The summed E-state index contributed by atoms with van der Waals surface area (Å²) in [6.45, 7) is 4.50. The molecule has 1 aromatic rings. The summed E-state index contributed by atoms with van der Waals surface area (Å²) in [5.41, 5.74) is 1.24. The van der Waals surface area contributed by atoms with Crippen molar-refractivity contribution in [3.63, 3.8) is 0 Å². The topological polar surface area (TPSA) is 25.2 Å². The number of hydrogen-bond donors (Lipinski definition) is 1. The fourth-order valence-corrected chi connectivity index (χ4v) is 2.31. The molecule has 0 aliphatic heterocycles. The van der Waals surface area contributed by atoms with Gasteiger partial charge in [0.15, 0.2) is 0 Å². The second-order valence-electron chi connectivity index (χ2n) is 3.45. The van der Waals surface area contributed by atoms with Crippen LogP contribution in [-0.4, -0.2) is 18.1 Å². The summed E-state index contributed by atoms with van der Waals surface area (Å²) in [5, 5.41) is 4.04. The van der Waals surface area contributed by atoms with Crippen molar-refractivity contribution in [2.45, 2.75) is 31.6 Å². The second kappa shape index (κ2) is 6.14. The lowest BCUT2D eigenvalue weighted by Gasteiger charge is -2.16. The monoisotopic (exact) mass is 213 g/mol. The molecule has 0 saturated heterocycles. The van der Waals surface area contributed by atoms with Crippen molar-refractivity contribution in [1.29, 1.82) is 0 Å². The van der Waals surface area contributed by atoms with Crippen LogP contribution < -0.4 is 5.32 Å². The van der Waals surface area contributed by atoms with Gasteiger partial charge in [0.05, 0.1) is 12.5 Å². The molecule has 2 atom stereocenters. The van der Waals surface area contributed by atoms with E-state index in [-0.39, 0.29) is 0 Å². The van der Waals surface area contributed by atoms with Crippen molar-refractivity contribution < 1.29 is 4.42 Å². The van der Waals surface area contributed by atoms with Crippen molar-refractivity contribution in [3.8, 4) is 0 Å². The van der Waals surface area contributed by atoms with Crippen LogP contribution in [0.3, 0.4) is 0 Å². The second-order valence-corrected chi connectivity index (χ2v) is 4.92. The normalized spacial score (nSPS) is 15.4. The zero-order valence-electron chi connectivity index (χ0n) is 9.12. The molecule has 14 heavy (non-hydrogen) atoms. The van der Waals surface area contributed by atoms with Crippen LogP contribution in [0.2, 0.25) is 0 Å². The van der Waals surface area contributed by atoms with Crippen molar-refractivity contribution in [2.24, 2.45) is 0 Å². The average Bonchev–Trinajstić information content (AvgIpc) is 2.72. The zero-order valence-corrected chi connectivity index (χ0v) is 9.93. The lowest BCUT2D eigenvalue weighted by Crippen LogP contribution is -2.19. The van der Waals surface area contributed by atoms with Crippen molar-refractivity contribution >= 4 is 11.8 Å². The molecule has 1 aromatic heterocycles. The van der Waals surface area contributed by atoms with E-state index in [1.807, 2.05) is 31.1 Å². The van der Waals surface area contributed by atoms with E-state index in [0.29, 0.717) is 6.04 Å². The first kappa shape index (κ1) is 11.7. The Hall–Kier alpha value is -0.410. The van der Waals surface area contributed by atoms with E-state index in [1.54, 1.807) is 6.26 Å². The minimum atomic E-state index is 0.410. The smallest absolute Gasteiger partial charge is 0.0950 e. The van der Waals surface area contributed by atoms with E-state index in [9.17, 15) is 0 Å². The largest absolute Gasteiger partial charge is 0.472 e. The minimum absolute atomic E-state index is 0.410. The molecule has 1 heterocycles. The Morgan fingerprint density at radius 1 is 1.57 bits per heavy atom. The molecule has 0 spiro atoms. The lowest BCUT2D eigenvalue weighted by molar-refractivity contribution is 0.554. The third-order valence-corrected chi connectivity index (χ3v) is 3.84. The summed E-state index contributed by atoms with van der Waals surface area (Å²) in [6, 6.07) is 2.44. The van der Waals surface area contributed by atoms with Gasteiger partial charge in [-0.1, -0.05) is 13.8 Å². The van der Waals surface area contributed by atoms with E-state index >= 15 is 0 Å². The number of furan rings is 1. The van der Waals surface area contributed by atoms with Gasteiger partial charge in [-0.25, -0.2) is 0 Å². The number of nitrogens with one attached hydrogen (secondary N) is 1. The first-order valence-electron chi connectivity index (χ1n) is 5.08. The van der Waals surface area contributed by atoms with Gasteiger partial charge in [0.25, 0.3) is 0 Å². The fourth-order valence-electron chi connectivity index (χ4n) is 1.20. The van der Waals surface area contributed by atoms with E-state index in [0.717, 1.165) is 11.0 Å². The van der Waals surface area contributed by atoms with Crippen molar-refractivity contribution in [2.75, 3.05) is 12.8 Å². The molecular weight excluding hydrogens is 194 g/mol. The molecule has 0 saturated carbocycles. The third kappa shape index (κ3) is 3.39. The van der Waals surface area contributed by atoms with Crippen molar-refractivity contribution in [3.05, 3.63) is 24.2 Å². The Labute approximate surface area is 90.5 Å². The number of hydrogen-bond acceptors (Lipinski definition) is 3. The summed E-state index contributed by atoms with van der Waals surface area (Å²) in [4.78, 5) is 0. The van der Waals surface area contributed by atoms with Gasteiger partial charge in [0, 0.05) is 22.6 Å². The van der Waals surface area contributed by atoms with Gasteiger partial charge < -0.3 is 9.73 Å². The minimum Gasteiger partial charge on any atom is -0.472 e. The molecule has 80 valence electrons. The Bertz CT molecular complexity index is 235. The number of thioether (sulfide) groups is 1. The molecule has 3 heteroatoms. The maximum Gasteiger partial charge on any atom is 0.0950 e. The molecule has 2 nitrogen and oxygen atoms in total. The van der Waals surface area contributed by atoms with Gasteiger partial charge in [0.2, 0.25) is 0 Å². The Morgan fingerprint density at radius 3 is 2.86 bits per heavy atom. The van der Waals surface area contributed by atoms with Gasteiger partial charge in [-0.05, 0) is 19.5 Å². The highest BCUT2D eigenvalue weighted by molar-refractivity contribution is 7.99. The van der Waals surface area contributed by atoms with Crippen LogP contribution in [0.1, 0.15) is 31.9 Å². The summed E-state index contributed by atoms with van der Waals surface area (Å²) >= 11 is 2.00. The van der Waals surface area contributed by atoms with Gasteiger partial charge in [-0.3, -0.25) is 0 Å². The molecule has 0 fully saturated rings. The van der Waals surface area contributed by atoms with Gasteiger partial charge in [-0.15, -0.1) is 0 Å². The maximum absolute atomic E-state index is 5.08. The van der Waals surface area contributed by atoms with Crippen molar-refractivity contribution in [1.82, 2.24) is 5.32 Å². The fraction of sp³-hybridized carbons (Fsp3) is 0.636. The molecular formula is C11H19NOS. The van der Waals surface area contributed by atoms with Crippen LogP contribution in [0.25, 0.3) is 0 Å². The first-order chi connectivity index (χ1) is 6.77. The Balaban J connectivity index is 2.40. The van der Waals surface area contributed by atoms with Gasteiger partial charge in [0.1, 0.15) is 0 Å². The highest BCUT2D eigenvalue weighted by Gasteiger charge is 2.11. The van der Waals surface area contributed by atoms with Crippen LogP contribution in [0.5, 0.6) is 0 Å². The van der Waals surface area contributed by atoms with E-state index in [2.05, 4.69) is 19.2 Å². The average molecular weight is 213 g/mol. The molecule has 0 aromatic carbocycles. The quantitative estimate of drug-likeness (QED) is 0.786. The molecule has 0 amide bonds. The lowest BCUT2D eigenvalue weighted by atomic mass is 10.2. The molecule has 0 aliphatic carbocycles. The standard InChI is InChI=1S/C11H19NOS/c1-4-9(2)14-8-11(12-3)10-5-6-13-7-10/h5-7,9,11-12H,4,8H2,1-3H3.